The van der Waals surface area contributed by atoms with Crippen molar-refractivity contribution in [1.82, 2.24) is 5.32 Å². The molecule has 1 unspecified atom stereocenters. The van der Waals surface area contributed by atoms with Crippen LogP contribution in [0.3, 0.4) is 0 Å². The highest BCUT2D eigenvalue weighted by atomic mass is 16.6. The predicted molar refractivity (Wildman–Crippen MR) is 87.6 cm³/mol. The molecule has 120 valence electrons. The summed E-state index contributed by atoms with van der Waals surface area (Å²) < 4.78 is 5.63. The van der Waals surface area contributed by atoms with Crippen LogP contribution in [0.15, 0.2) is 16.8 Å². The van der Waals surface area contributed by atoms with Crippen molar-refractivity contribution in [2.75, 3.05) is 6.54 Å². The number of hydrogen-bond acceptors (Lipinski definition) is 3. The first-order valence-corrected chi connectivity index (χ1v) is 8.19. The van der Waals surface area contributed by atoms with Crippen molar-refractivity contribution in [2.45, 2.75) is 65.9 Å². The average Bonchev–Trinajstić information content (AvgIpc) is 2.46. The van der Waals surface area contributed by atoms with Crippen molar-refractivity contribution in [1.29, 1.82) is 0 Å². The third kappa shape index (κ3) is 6.32. The van der Waals surface area contributed by atoms with Gasteiger partial charge in [0.2, 0.25) is 0 Å². The molecule has 1 aliphatic carbocycles. The van der Waals surface area contributed by atoms with Crippen LogP contribution in [0.5, 0.6) is 0 Å². The maximum absolute atomic E-state index is 11.9. The lowest BCUT2D eigenvalue weighted by Crippen LogP contribution is -2.36. The summed E-state index contributed by atoms with van der Waals surface area (Å²) in [5, 5.41) is 2.84. The Bertz CT molecular complexity index is 377. The number of hydrogen-bond donors (Lipinski definition) is 1. The molecular formula is C17H30N2O2. The Morgan fingerprint density at radius 1 is 1.38 bits per heavy atom. The minimum Gasteiger partial charge on any atom is -0.446 e. The Hall–Kier alpha value is -1.32. The van der Waals surface area contributed by atoms with Gasteiger partial charge in [-0.2, -0.15) is 0 Å². The van der Waals surface area contributed by atoms with Crippen LogP contribution < -0.4 is 5.32 Å². The highest BCUT2D eigenvalue weighted by Crippen LogP contribution is 2.32. The third-order valence-electron chi connectivity index (χ3n) is 4.25. The van der Waals surface area contributed by atoms with Gasteiger partial charge in [-0.05, 0) is 44.9 Å². The molecule has 0 radical (unpaired) electrons. The van der Waals surface area contributed by atoms with Gasteiger partial charge in [-0.25, -0.2) is 4.79 Å². The SMILES string of the molecule is C/C=N\C(=C/C)CCNC(=O)O[C@@H]1C[C@H](C)CCC1CC. The highest BCUT2D eigenvalue weighted by molar-refractivity contribution is 5.67. The number of carbonyl (C=O) groups excluding carboxylic acids is 1. The van der Waals surface area contributed by atoms with E-state index < -0.39 is 0 Å². The monoisotopic (exact) mass is 294 g/mol. The number of ether oxygens (including phenoxy) is 1. The maximum atomic E-state index is 11.9. The Morgan fingerprint density at radius 3 is 2.76 bits per heavy atom. The molecule has 21 heavy (non-hydrogen) atoms. The van der Waals surface area contributed by atoms with Gasteiger partial charge >= 0.3 is 6.09 Å². The van der Waals surface area contributed by atoms with E-state index in [2.05, 4.69) is 24.2 Å². The zero-order chi connectivity index (χ0) is 15.7. The second-order valence-corrected chi connectivity index (χ2v) is 5.87. The van der Waals surface area contributed by atoms with Gasteiger partial charge in [0.15, 0.2) is 0 Å². The molecule has 0 saturated heterocycles. The minimum atomic E-state index is -0.288. The van der Waals surface area contributed by atoms with Crippen LogP contribution in [-0.2, 0) is 4.74 Å². The molecule has 0 aromatic rings. The fourth-order valence-corrected chi connectivity index (χ4v) is 2.92. The largest absolute Gasteiger partial charge is 0.446 e. The van der Waals surface area contributed by atoms with Crippen molar-refractivity contribution in [3.05, 3.63) is 11.8 Å². The molecule has 1 amide bonds. The average molecular weight is 294 g/mol. The van der Waals surface area contributed by atoms with E-state index in [1.54, 1.807) is 6.21 Å². The van der Waals surface area contributed by atoms with Gasteiger partial charge in [0.25, 0.3) is 0 Å². The lowest BCUT2D eigenvalue weighted by atomic mass is 9.79. The zero-order valence-electron chi connectivity index (χ0n) is 13.9. The van der Waals surface area contributed by atoms with E-state index in [-0.39, 0.29) is 12.2 Å². The summed E-state index contributed by atoms with van der Waals surface area (Å²) in [7, 11) is 0. The van der Waals surface area contributed by atoms with E-state index >= 15 is 0 Å². The summed E-state index contributed by atoms with van der Waals surface area (Å²) >= 11 is 0. The van der Waals surface area contributed by atoms with E-state index in [9.17, 15) is 4.79 Å². The first kappa shape index (κ1) is 17.7. The number of amides is 1. The second-order valence-electron chi connectivity index (χ2n) is 5.87. The van der Waals surface area contributed by atoms with Crippen LogP contribution in [0.4, 0.5) is 4.79 Å². The van der Waals surface area contributed by atoms with E-state index in [0.717, 1.165) is 25.0 Å². The van der Waals surface area contributed by atoms with Crippen LogP contribution in [0.1, 0.15) is 59.8 Å². The van der Waals surface area contributed by atoms with E-state index in [1.165, 1.54) is 12.8 Å². The van der Waals surface area contributed by atoms with Crippen LogP contribution in [0, 0.1) is 11.8 Å². The number of alkyl carbamates (subject to hydrolysis) is 1. The summed E-state index contributed by atoms with van der Waals surface area (Å²) in [6.45, 7) is 8.82. The highest BCUT2D eigenvalue weighted by Gasteiger charge is 2.30. The number of allylic oxidation sites excluding steroid dienone is 1. The van der Waals surface area contributed by atoms with Crippen LogP contribution >= 0.6 is 0 Å². The second kappa shape index (κ2) is 9.59. The summed E-state index contributed by atoms with van der Waals surface area (Å²) in [5.74, 6) is 1.17. The molecule has 1 rings (SSSR count). The smallest absolute Gasteiger partial charge is 0.407 e. The molecule has 4 nitrogen and oxygen atoms in total. The number of aliphatic imine (C=N–C) groups is 1. The van der Waals surface area contributed by atoms with Crippen molar-refractivity contribution in [2.24, 2.45) is 16.8 Å². The number of nitrogens with one attached hydrogen (secondary N) is 1. The molecule has 0 aliphatic heterocycles. The molecule has 0 bridgehead atoms. The van der Waals surface area contributed by atoms with Crippen molar-refractivity contribution >= 4 is 12.3 Å². The topological polar surface area (TPSA) is 50.7 Å². The first-order chi connectivity index (χ1) is 10.1. The van der Waals surface area contributed by atoms with Gasteiger partial charge in [0.1, 0.15) is 6.10 Å². The number of nitrogens with zero attached hydrogens (tertiary/aromatic N) is 1. The Balaban J connectivity index is 2.35. The molecule has 0 aromatic carbocycles. The normalized spacial score (nSPS) is 26.9. The fourth-order valence-electron chi connectivity index (χ4n) is 2.92. The molecule has 1 N–H and O–H groups in total. The Kier molecular flexibility index (Phi) is 8.09. The maximum Gasteiger partial charge on any atom is 0.407 e. The predicted octanol–water partition coefficient (Wildman–Crippen LogP) is 4.31. The fraction of sp³-hybridized carbons (Fsp3) is 0.765. The van der Waals surface area contributed by atoms with Crippen LogP contribution in [0.2, 0.25) is 0 Å². The van der Waals surface area contributed by atoms with Gasteiger partial charge < -0.3 is 10.1 Å². The van der Waals surface area contributed by atoms with Crippen LogP contribution in [-0.4, -0.2) is 25.0 Å². The van der Waals surface area contributed by atoms with E-state index in [1.807, 2.05) is 19.9 Å². The molecule has 1 aliphatic rings. The molecule has 1 saturated carbocycles. The molecule has 3 atom stereocenters. The van der Waals surface area contributed by atoms with Gasteiger partial charge in [0, 0.05) is 24.9 Å². The quantitative estimate of drug-likeness (QED) is 0.742. The summed E-state index contributed by atoms with van der Waals surface area (Å²) in [4.78, 5) is 16.2. The van der Waals surface area contributed by atoms with E-state index in [0.29, 0.717) is 18.4 Å². The lowest BCUT2D eigenvalue weighted by Gasteiger charge is -2.33. The van der Waals surface area contributed by atoms with Gasteiger partial charge in [-0.1, -0.05) is 26.3 Å². The summed E-state index contributed by atoms with van der Waals surface area (Å²) in [6, 6.07) is 0. The number of rotatable bonds is 6. The Morgan fingerprint density at radius 2 is 2.14 bits per heavy atom. The first-order valence-electron chi connectivity index (χ1n) is 8.19. The van der Waals surface area contributed by atoms with Crippen molar-refractivity contribution in [3.63, 3.8) is 0 Å². The van der Waals surface area contributed by atoms with Crippen molar-refractivity contribution < 1.29 is 9.53 Å². The molecule has 0 aromatic heterocycles. The molecule has 1 fully saturated rings. The minimum absolute atomic E-state index is 0.0774. The summed E-state index contributed by atoms with van der Waals surface area (Å²) in [6.07, 6.45) is 8.74. The van der Waals surface area contributed by atoms with Gasteiger partial charge in [0.05, 0.1) is 0 Å². The van der Waals surface area contributed by atoms with Crippen molar-refractivity contribution in [3.8, 4) is 0 Å². The Labute approximate surface area is 129 Å². The zero-order valence-corrected chi connectivity index (χ0v) is 13.9. The molecule has 4 heteroatoms. The lowest BCUT2D eigenvalue weighted by molar-refractivity contribution is 0.0216. The number of carbonyl (C=O) groups is 1. The molecular weight excluding hydrogens is 264 g/mol. The van der Waals surface area contributed by atoms with Gasteiger partial charge in [-0.15, -0.1) is 0 Å². The standard InChI is InChI=1S/C17H30N2O2/c1-5-14-9-8-13(4)12-16(14)21-17(20)19-11-10-15(6-2)18-7-3/h6-7,13-14,16H,5,8-12H2,1-4H3,(H,19,20)/b15-6-,18-7-/t13-,14?,16-/m1/s1. The third-order valence-corrected chi connectivity index (χ3v) is 4.25. The van der Waals surface area contributed by atoms with Gasteiger partial charge in [-0.3, -0.25) is 4.99 Å². The molecule has 0 spiro atoms. The van der Waals surface area contributed by atoms with Crippen LogP contribution in [0.25, 0.3) is 0 Å². The molecule has 0 heterocycles. The van der Waals surface area contributed by atoms with E-state index in [4.69, 9.17) is 4.74 Å². The summed E-state index contributed by atoms with van der Waals surface area (Å²) in [5.41, 5.74) is 0.982.